The van der Waals surface area contributed by atoms with Crippen molar-refractivity contribution < 1.29 is 13.6 Å². The van der Waals surface area contributed by atoms with Crippen LogP contribution < -0.4 is 4.74 Å². The first kappa shape index (κ1) is 35.8. The van der Waals surface area contributed by atoms with Gasteiger partial charge in [-0.2, -0.15) is 4.98 Å². The molecule has 0 bridgehead atoms. The molecule has 3 aromatic carbocycles. The van der Waals surface area contributed by atoms with Crippen LogP contribution in [0.1, 0.15) is 76.3 Å². The Morgan fingerprint density at radius 2 is 1.22 bits per heavy atom. The summed E-state index contributed by atoms with van der Waals surface area (Å²) in [6.45, 7) is 8.88. The highest BCUT2D eigenvalue weighted by molar-refractivity contribution is 9.10. The number of nitrogens with zero attached hydrogens (tertiary/aromatic N) is 4. The number of hydrogen-bond donors (Lipinski definition) is 0. The molecule has 0 atom stereocenters. The van der Waals surface area contributed by atoms with Crippen LogP contribution in [0.4, 0.5) is 0 Å². The number of aryl methyl sites for hydroxylation is 2. The van der Waals surface area contributed by atoms with Gasteiger partial charge in [0.25, 0.3) is 0 Å². The summed E-state index contributed by atoms with van der Waals surface area (Å²) in [5.41, 5.74) is 8.53. The van der Waals surface area contributed by atoms with E-state index in [1.165, 1.54) is 11.1 Å². The Balaban J connectivity index is 0.000000182. The van der Waals surface area contributed by atoms with Gasteiger partial charge < -0.3 is 18.1 Å². The zero-order chi connectivity index (χ0) is 35.5. The molecule has 0 aliphatic carbocycles. The van der Waals surface area contributed by atoms with Crippen molar-refractivity contribution in [2.24, 2.45) is 14.1 Å². The van der Waals surface area contributed by atoms with Crippen LogP contribution in [-0.4, -0.2) is 19.1 Å². The molecule has 4 aromatic heterocycles. The van der Waals surface area contributed by atoms with E-state index in [1.54, 1.807) is 18.6 Å². The third-order valence-corrected chi connectivity index (χ3v) is 10.7. The molecule has 50 heavy (non-hydrogen) atoms. The number of ether oxygens (including phenoxy) is 1. The molecule has 0 radical (unpaired) electrons. The van der Waals surface area contributed by atoms with E-state index in [4.69, 9.17) is 41.8 Å². The summed E-state index contributed by atoms with van der Waals surface area (Å²) in [4.78, 5) is 9.41. The molecular formula is C40H41BrCl2N4O3. The molecule has 0 N–H and O–H groups in total. The quantitative estimate of drug-likeness (QED) is 0.138. The molecule has 7 nitrogen and oxygen atoms in total. The van der Waals surface area contributed by atoms with Crippen LogP contribution in [0, 0.1) is 0 Å². The summed E-state index contributed by atoms with van der Waals surface area (Å²) in [7, 11) is 3.96. The summed E-state index contributed by atoms with van der Waals surface area (Å²) >= 11 is 15.9. The minimum absolute atomic E-state index is 0.452. The monoisotopic (exact) mass is 774 g/mol. The lowest BCUT2D eigenvalue weighted by atomic mass is 9.91. The second kappa shape index (κ2) is 15.5. The third kappa shape index (κ3) is 6.85. The Morgan fingerprint density at radius 3 is 1.70 bits per heavy atom. The molecule has 4 heterocycles. The van der Waals surface area contributed by atoms with Crippen molar-refractivity contribution in [3.8, 4) is 34.4 Å². The second-order valence-electron chi connectivity index (χ2n) is 12.4. The van der Waals surface area contributed by atoms with E-state index in [0.717, 1.165) is 74.9 Å². The van der Waals surface area contributed by atoms with E-state index < -0.39 is 0 Å². The van der Waals surface area contributed by atoms with Gasteiger partial charge in [0.1, 0.15) is 28.3 Å². The number of fused-ring (bicyclic) bond motifs is 2. The molecule has 260 valence electrons. The van der Waals surface area contributed by atoms with Crippen molar-refractivity contribution in [3.63, 3.8) is 0 Å². The fraction of sp³-hybridized carbons (Fsp3) is 0.300. The number of rotatable bonds is 10. The highest BCUT2D eigenvalue weighted by Gasteiger charge is 2.23. The van der Waals surface area contributed by atoms with E-state index in [-0.39, 0.29) is 0 Å². The van der Waals surface area contributed by atoms with E-state index in [0.29, 0.717) is 33.9 Å². The van der Waals surface area contributed by atoms with Crippen LogP contribution in [0.5, 0.6) is 11.8 Å². The van der Waals surface area contributed by atoms with Crippen LogP contribution in [-0.2, 0) is 14.1 Å². The standard InChI is InChI=1S/C23H22BrClN2O2.C17H19ClN2O/c1-4-14(5-2)16-9-10-17(19-7-6-12-28-19)21-22(16)27(3)23(26-21)29-20-11-8-15(25)13-18(20)24;1-4-11(5-2)12-8-9-13(14-7-6-10-21-14)15-16(12)20(3)17(18)19-15/h6-14H,4-5H2,1-3H3;6-11H,4-5H2,1-3H3. The fourth-order valence-electron chi connectivity index (χ4n) is 6.77. The molecular weight excluding hydrogens is 735 g/mol. The summed E-state index contributed by atoms with van der Waals surface area (Å²) < 4.78 is 22.2. The van der Waals surface area contributed by atoms with E-state index in [9.17, 15) is 0 Å². The maximum absolute atomic E-state index is 6.27. The maximum Gasteiger partial charge on any atom is 0.302 e. The van der Waals surface area contributed by atoms with Crippen molar-refractivity contribution in [1.29, 1.82) is 0 Å². The summed E-state index contributed by atoms with van der Waals surface area (Å²) in [6.07, 6.45) is 7.70. The summed E-state index contributed by atoms with van der Waals surface area (Å²) in [5.74, 6) is 3.25. The zero-order valence-corrected chi connectivity index (χ0v) is 32.2. The van der Waals surface area contributed by atoms with Gasteiger partial charge in [-0.25, -0.2) is 4.98 Å². The number of furan rings is 2. The Hall–Kier alpha value is -3.98. The molecule has 7 aromatic rings. The first-order valence-electron chi connectivity index (χ1n) is 17.0. The van der Waals surface area contributed by atoms with E-state index in [2.05, 4.69) is 72.9 Å². The largest absolute Gasteiger partial charge is 0.464 e. The van der Waals surface area contributed by atoms with Crippen LogP contribution in [0.3, 0.4) is 0 Å². The van der Waals surface area contributed by atoms with Crippen molar-refractivity contribution in [3.05, 3.63) is 105 Å². The molecule has 0 saturated carbocycles. The van der Waals surface area contributed by atoms with Gasteiger partial charge in [-0.15, -0.1) is 0 Å². The molecule has 0 saturated heterocycles. The zero-order valence-electron chi connectivity index (χ0n) is 29.1. The summed E-state index contributed by atoms with van der Waals surface area (Å²) in [6, 6.07) is 22.2. The van der Waals surface area contributed by atoms with E-state index in [1.807, 2.05) is 59.6 Å². The predicted octanol–water partition coefficient (Wildman–Crippen LogP) is 13.3. The van der Waals surface area contributed by atoms with Gasteiger partial charge in [0.2, 0.25) is 5.28 Å². The molecule has 0 amide bonds. The first-order valence-corrected chi connectivity index (χ1v) is 18.6. The molecule has 0 fully saturated rings. The van der Waals surface area contributed by atoms with Crippen molar-refractivity contribution >= 4 is 61.2 Å². The Morgan fingerprint density at radius 1 is 0.700 bits per heavy atom. The lowest BCUT2D eigenvalue weighted by Crippen LogP contribution is -2.01. The second-order valence-corrected chi connectivity index (χ2v) is 14.0. The molecule has 0 unspecified atom stereocenters. The van der Waals surface area contributed by atoms with Gasteiger partial charge in [0.15, 0.2) is 0 Å². The average molecular weight is 777 g/mol. The SMILES string of the molecule is CCC(CC)c1ccc(-c2ccco2)c2nc(Cl)n(C)c12.CCC(CC)c1ccc(-c2ccco2)c2nc(Oc3ccc(Cl)cc3Br)n(C)c12. The minimum atomic E-state index is 0.452. The minimum Gasteiger partial charge on any atom is -0.464 e. The van der Waals surface area contributed by atoms with Gasteiger partial charge in [-0.05, 0) is 131 Å². The Kier molecular flexibility index (Phi) is 11.1. The molecule has 10 heteroatoms. The van der Waals surface area contributed by atoms with Crippen LogP contribution in [0.15, 0.2) is 92.6 Å². The summed E-state index contributed by atoms with van der Waals surface area (Å²) in [5, 5.41) is 1.15. The number of aromatic nitrogens is 4. The first-order chi connectivity index (χ1) is 24.2. The lowest BCUT2D eigenvalue weighted by Gasteiger charge is -2.16. The fourth-order valence-corrected chi connectivity index (χ4v) is 7.71. The molecule has 0 aliphatic heterocycles. The molecule has 0 aliphatic rings. The maximum atomic E-state index is 6.27. The van der Waals surface area contributed by atoms with Crippen molar-refractivity contribution in [2.75, 3.05) is 0 Å². The Bertz CT molecular complexity index is 2210. The molecule has 0 spiro atoms. The molecule has 7 rings (SSSR count). The van der Waals surface area contributed by atoms with E-state index >= 15 is 0 Å². The Labute approximate surface area is 311 Å². The highest BCUT2D eigenvalue weighted by atomic mass is 79.9. The van der Waals surface area contributed by atoms with Crippen molar-refractivity contribution in [2.45, 2.75) is 65.2 Å². The number of halogens is 3. The van der Waals surface area contributed by atoms with Crippen LogP contribution in [0.25, 0.3) is 44.7 Å². The van der Waals surface area contributed by atoms with Gasteiger partial charge in [0.05, 0.1) is 28.0 Å². The topological polar surface area (TPSA) is 71.2 Å². The van der Waals surface area contributed by atoms with Crippen LogP contribution >= 0.6 is 39.1 Å². The smallest absolute Gasteiger partial charge is 0.302 e. The average Bonchev–Trinajstić information content (AvgIpc) is 3.94. The highest BCUT2D eigenvalue weighted by Crippen LogP contribution is 2.40. The third-order valence-electron chi connectivity index (χ3n) is 9.53. The predicted molar refractivity (Wildman–Crippen MR) is 208 cm³/mol. The number of benzene rings is 3. The van der Waals surface area contributed by atoms with Gasteiger partial charge in [0, 0.05) is 30.2 Å². The lowest BCUT2D eigenvalue weighted by molar-refractivity contribution is 0.425. The van der Waals surface area contributed by atoms with Gasteiger partial charge >= 0.3 is 6.01 Å². The normalized spacial score (nSPS) is 11.6. The van der Waals surface area contributed by atoms with Crippen LogP contribution in [0.2, 0.25) is 10.3 Å². The number of imidazole rings is 2. The van der Waals surface area contributed by atoms with Crippen molar-refractivity contribution in [1.82, 2.24) is 19.1 Å². The van der Waals surface area contributed by atoms with Gasteiger partial charge in [-0.1, -0.05) is 51.4 Å². The van der Waals surface area contributed by atoms with Gasteiger partial charge in [-0.3, -0.25) is 4.57 Å². The number of hydrogen-bond acceptors (Lipinski definition) is 5.